The zero-order valence-corrected chi connectivity index (χ0v) is 21.6. The lowest BCUT2D eigenvalue weighted by Crippen LogP contribution is -2.49. The minimum Gasteiger partial charge on any atom is -0.484 e. The van der Waals surface area contributed by atoms with Gasteiger partial charge in [0.25, 0.3) is 5.91 Å². The molecule has 4 aromatic rings. The Hall–Kier alpha value is -3.48. The Bertz CT molecular complexity index is 1290. The van der Waals surface area contributed by atoms with Crippen LogP contribution in [0.15, 0.2) is 78.9 Å². The number of benzene rings is 3. The van der Waals surface area contributed by atoms with Gasteiger partial charge in [0.2, 0.25) is 0 Å². The van der Waals surface area contributed by atoms with Gasteiger partial charge in [-0.1, -0.05) is 61.5 Å². The lowest BCUT2D eigenvalue weighted by molar-refractivity contribution is -0.135. The van der Waals surface area contributed by atoms with Crippen molar-refractivity contribution in [2.24, 2.45) is 0 Å². The van der Waals surface area contributed by atoms with Crippen LogP contribution in [0.2, 0.25) is 0 Å². The molecule has 1 aliphatic rings. The number of piperazine rings is 1. The number of amides is 1. The molecule has 0 saturated carbocycles. The second kappa shape index (κ2) is 11.1. The minimum absolute atomic E-state index is 0.0519. The van der Waals surface area contributed by atoms with E-state index < -0.39 is 0 Å². The molecule has 3 aromatic carbocycles. The van der Waals surface area contributed by atoms with Crippen LogP contribution in [0, 0.1) is 6.92 Å². The van der Waals surface area contributed by atoms with Gasteiger partial charge in [0.15, 0.2) is 6.61 Å². The molecule has 0 atom stereocenters. The molecule has 0 unspecified atom stereocenters. The Morgan fingerprint density at radius 3 is 2.11 bits per heavy atom. The Morgan fingerprint density at radius 2 is 1.44 bits per heavy atom. The van der Waals surface area contributed by atoms with Crippen molar-refractivity contribution in [2.75, 3.05) is 39.3 Å². The molecule has 0 bridgehead atoms. The third kappa shape index (κ3) is 5.50. The van der Waals surface area contributed by atoms with Gasteiger partial charge in [-0.25, -0.2) is 4.98 Å². The van der Waals surface area contributed by atoms with Gasteiger partial charge in [0, 0.05) is 31.7 Å². The standard InChI is InChI=1S/C30H31N3O2S/c1-3-32-17-19-33(20-18-32)28(34)21-35-27-15-13-25(14-16-27)29-22(2)31-30(36-29)26-11-9-24(10-12-26)23-7-5-4-6-8-23/h4-16H,3,17-21H2,1-2H3. The van der Waals surface area contributed by atoms with Crippen LogP contribution in [0.25, 0.3) is 32.1 Å². The van der Waals surface area contributed by atoms with Crippen molar-refractivity contribution in [2.45, 2.75) is 13.8 Å². The van der Waals surface area contributed by atoms with Crippen molar-refractivity contribution >= 4 is 17.2 Å². The van der Waals surface area contributed by atoms with Crippen LogP contribution in [-0.4, -0.2) is 60.0 Å². The molecule has 0 spiro atoms. The van der Waals surface area contributed by atoms with E-state index >= 15 is 0 Å². The summed E-state index contributed by atoms with van der Waals surface area (Å²) >= 11 is 1.70. The Morgan fingerprint density at radius 1 is 0.833 bits per heavy atom. The normalized spacial score (nSPS) is 14.1. The summed E-state index contributed by atoms with van der Waals surface area (Å²) in [5.74, 6) is 0.759. The molecule has 184 valence electrons. The highest BCUT2D eigenvalue weighted by Crippen LogP contribution is 2.36. The molecule has 1 amide bonds. The highest BCUT2D eigenvalue weighted by Gasteiger charge is 2.20. The molecule has 1 fully saturated rings. The molecule has 6 heteroatoms. The number of aryl methyl sites for hydroxylation is 1. The van der Waals surface area contributed by atoms with E-state index in [0.29, 0.717) is 5.75 Å². The van der Waals surface area contributed by atoms with Crippen molar-refractivity contribution in [1.29, 1.82) is 0 Å². The van der Waals surface area contributed by atoms with Crippen LogP contribution in [0.5, 0.6) is 5.75 Å². The minimum atomic E-state index is 0.0519. The van der Waals surface area contributed by atoms with Crippen LogP contribution in [0.3, 0.4) is 0 Å². The number of thiazole rings is 1. The van der Waals surface area contributed by atoms with E-state index in [1.54, 1.807) is 11.3 Å². The number of ether oxygens (including phenoxy) is 1. The van der Waals surface area contributed by atoms with Crippen LogP contribution in [0.1, 0.15) is 12.6 Å². The van der Waals surface area contributed by atoms with E-state index in [2.05, 4.69) is 67.3 Å². The fourth-order valence-electron chi connectivity index (χ4n) is 4.48. The summed E-state index contributed by atoms with van der Waals surface area (Å²) in [6.07, 6.45) is 0. The first-order valence-corrected chi connectivity index (χ1v) is 13.3. The van der Waals surface area contributed by atoms with E-state index in [9.17, 15) is 4.79 Å². The van der Waals surface area contributed by atoms with Gasteiger partial charge in [0.1, 0.15) is 10.8 Å². The first-order valence-electron chi connectivity index (χ1n) is 12.5. The third-order valence-electron chi connectivity index (χ3n) is 6.69. The van der Waals surface area contributed by atoms with Crippen molar-refractivity contribution in [3.05, 3.63) is 84.6 Å². The summed E-state index contributed by atoms with van der Waals surface area (Å²) in [5.41, 5.74) is 5.64. The Labute approximate surface area is 217 Å². The largest absolute Gasteiger partial charge is 0.484 e. The molecule has 0 radical (unpaired) electrons. The van der Waals surface area contributed by atoms with Crippen molar-refractivity contribution in [3.8, 4) is 37.9 Å². The SMILES string of the molecule is CCN1CCN(C(=O)COc2ccc(-c3sc(-c4ccc(-c5ccccc5)cc4)nc3C)cc2)CC1. The molecule has 5 nitrogen and oxygen atoms in total. The Balaban J connectivity index is 1.22. The summed E-state index contributed by atoms with van der Waals surface area (Å²) in [6.45, 7) is 8.74. The number of hydrogen-bond acceptors (Lipinski definition) is 5. The number of rotatable bonds is 7. The molecule has 0 aliphatic carbocycles. The topological polar surface area (TPSA) is 45.7 Å². The predicted molar refractivity (Wildman–Crippen MR) is 147 cm³/mol. The highest BCUT2D eigenvalue weighted by atomic mass is 32.1. The van der Waals surface area contributed by atoms with Gasteiger partial charge >= 0.3 is 0 Å². The fourth-order valence-corrected chi connectivity index (χ4v) is 5.55. The van der Waals surface area contributed by atoms with Gasteiger partial charge in [-0.05, 0) is 54.4 Å². The van der Waals surface area contributed by atoms with Gasteiger partial charge < -0.3 is 14.5 Å². The van der Waals surface area contributed by atoms with Gasteiger partial charge in [-0.2, -0.15) is 0 Å². The molecule has 2 heterocycles. The maximum atomic E-state index is 12.5. The molecule has 0 N–H and O–H groups in total. The maximum Gasteiger partial charge on any atom is 0.260 e. The number of likely N-dealkylation sites (N-methyl/N-ethyl adjacent to an activating group) is 1. The molecular formula is C30H31N3O2S. The highest BCUT2D eigenvalue weighted by molar-refractivity contribution is 7.18. The second-order valence-electron chi connectivity index (χ2n) is 9.01. The number of nitrogens with zero attached hydrogens (tertiary/aromatic N) is 3. The van der Waals surface area contributed by atoms with Gasteiger partial charge in [-0.15, -0.1) is 11.3 Å². The predicted octanol–water partition coefficient (Wildman–Crippen LogP) is 6.00. The molecule has 1 aliphatic heterocycles. The van der Waals surface area contributed by atoms with Gasteiger partial charge in [0.05, 0.1) is 10.6 Å². The summed E-state index contributed by atoms with van der Waals surface area (Å²) in [6, 6.07) is 26.9. The number of carbonyl (C=O) groups excluding carboxylic acids is 1. The molecule has 1 saturated heterocycles. The molecule has 1 aromatic heterocycles. The first-order chi connectivity index (χ1) is 17.6. The van der Waals surface area contributed by atoms with Crippen molar-refractivity contribution in [1.82, 2.24) is 14.8 Å². The molecule has 5 rings (SSSR count). The smallest absolute Gasteiger partial charge is 0.260 e. The summed E-state index contributed by atoms with van der Waals surface area (Å²) in [4.78, 5) is 22.8. The van der Waals surface area contributed by atoms with E-state index in [1.807, 2.05) is 35.2 Å². The number of aromatic nitrogens is 1. The second-order valence-corrected chi connectivity index (χ2v) is 10.0. The van der Waals surface area contributed by atoms with Crippen molar-refractivity contribution < 1.29 is 9.53 Å². The average molecular weight is 498 g/mol. The van der Waals surface area contributed by atoms with E-state index in [-0.39, 0.29) is 12.5 Å². The van der Waals surface area contributed by atoms with Crippen LogP contribution in [0.4, 0.5) is 0 Å². The molecule has 36 heavy (non-hydrogen) atoms. The zero-order valence-electron chi connectivity index (χ0n) is 20.8. The van der Waals surface area contributed by atoms with E-state index in [4.69, 9.17) is 9.72 Å². The molecular weight excluding hydrogens is 466 g/mol. The number of hydrogen-bond donors (Lipinski definition) is 0. The maximum absolute atomic E-state index is 12.5. The van der Waals surface area contributed by atoms with Crippen molar-refractivity contribution in [3.63, 3.8) is 0 Å². The summed E-state index contributed by atoms with van der Waals surface area (Å²) in [7, 11) is 0. The van der Waals surface area contributed by atoms with E-state index in [0.717, 1.165) is 59.4 Å². The van der Waals surface area contributed by atoms with E-state index in [1.165, 1.54) is 11.1 Å². The Kier molecular flexibility index (Phi) is 7.44. The zero-order chi connectivity index (χ0) is 24.9. The average Bonchev–Trinajstić information content (AvgIpc) is 3.34. The summed E-state index contributed by atoms with van der Waals surface area (Å²) < 4.78 is 5.80. The third-order valence-corrected chi connectivity index (χ3v) is 7.94. The summed E-state index contributed by atoms with van der Waals surface area (Å²) in [5, 5.41) is 1.01. The van der Waals surface area contributed by atoms with Crippen LogP contribution < -0.4 is 4.74 Å². The van der Waals surface area contributed by atoms with Gasteiger partial charge in [-0.3, -0.25) is 4.79 Å². The monoisotopic (exact) mass is 497 g/mol. The van der Waals surface area contributed by atoms with Crippen LogP contribution >= 0.6 is 11.3 Å². The first kappa shape index (κ1) is 24.2. The lowest BCUT2D eigenvalue weighted by atomic mass is 10.0. The number of carbonyl (C=O) groups is 1. The quantitative estimate of drug-likeness (QED) is 0.314. The lowest BCUT2D eigenvalue weighted by Gasteiger charge is -2.33. The fraction of sp³-hybridized carbons (Fsp3) is 0.267. The van der Waals surface area contributed by atoms with Crippen LogP contribution in [-0.2, 0) is 4.79 Å².